The van der Waals surface area contributed by atoms with Gasteiger partial charge in [-0.2, -0.15) is 11.8 Å². The second-order valence-electron chi connectivity index (χ2n) is 4.92. The van der Waals surface area contributed by atoms with Crippen molar-refractivity contribution in [1.82, 2.24) is 5.32 Å². The Bertz CT molecular complexity index is 434. The molecule has 1 atom stereocenters. The molecule has 20 heavy (non-hydrogen) atoms. The number of benzene rings is 1. The van der Waals surface area contributed by atoms with E-state index in [0.717, 1.165) is 12.2 Å². The van der Waals surface area contributed by atoms with Crippen LogP contribution in [0.1, 0.15) is 19.4 Å². The Hall–Kier alpha value is -1.49. The van der Waals surface area contributed by atoms with E-state index >= 15 is 0 Å². The van der Waals surface area contributed by atoms with Crippen molar-refractivity contribution in [1.29, 1.82) is 0 Å². The summed E-state index contributed by atoms with van der Waals surface area (Å²) in [5.74, 6) is -0.183. The van der Waals surface area contributed by atoms with Gasteiger partial charge in [-0.1, -0.05) is 44.2 Å². The lowest BCUT2D eigenvalue weighted by molar-refractivity contribution is -0.142. The lowest BCUT2D eigenvalue weighted by Gasteiger charge is -2.17. The lowest BCUT2D eigenvalue weighted by atomic mass is 10.1. The van der Waals surface area contributed by atoms with Crippen molar-refractivity contribution in [3.8, 4) is 0 Å². The SMILES string of the molecule is CC(C)[C@H](NC(=O)CSCCc1ccccc1)C(=O)O. The minimum Gasteiger partial charge on any atom is -0.480 e. The van der Waals surface area contributed by atoms with Crippen LogP contribution in [0.3, 0.4) is 0 Å². The van der Waals surface area contributed by atoms with Gasteiger partial charge in [0.1, 0.15) is 6.04 Å². The van der Waals surface area contributed by atoms with Gasteiger partial charge < -0.3 is 10.4 Å². The topological polar surface area (TPSA) is 66.4 Å². The van der Waals surface area contributed by atoms with E-state index in [9.17, 15) is 9.59 Å². The first-order valence-electron chi connectivity index (χ1n) is 6.64. The van der Waals surface area contributed by atoms with Gasteiger partial charge in [0.15, 0.2) is 0 Å². The van der Waals surface area contributed by atoms with E-state index in [1.54, 1.807) is 13.8 Å². The maximum Gasteiger partial charge on any atom is 0.326 e. The van der Waals surface area contributed by atoms with E-state index < -0.39 is 12.0 Å². The quantitative estimate of drug-likeness (QED) is 0.722. The van der Waals surface area contributed by atoms with Gasteiger partial charge in [-0.15, -0.1) is 0 Å². The molecule has 0 radical (unpaired) electrons. The largest absolute Gasteiger partial charge is 0.480 e. The van der Waals surface area contributed by atoms with Crippen LogP contribution >= 0.6 is 11.8 Å². The molecule has 0 aromatic heterocycles. The van der Waals surface area contributed by atoms with E-state index in [0.29, 0.717) is 5.75 Å². The molecule has 1 aromatic rings. The van der Waals surface area contributed by atoms with Crippen LogP contribution in [0.15, 0.2) is 30.3 Å². The summed E-state index contributed by atoms with van der Waals surface area (Å²) in [6.07, 6.45) is 0.908. The number of carboxylic acids is 1. The Balaban J connectivity index is 2.24. The second-order valence-corrected chi connectivity index (χ2v) is 6.02. The molecule has 1 aromatic carbocycles. The summed E-state index contributed by atoms with van der Waals surface area (Å²) >= 11 is 1.52. The minimum atomic E-state index is -0.984. The predicted octanol–water partition coefficient (Wildman–Crippen LogP) is 2.19. The molecule has 0 fully saturated rings. The number of thioether (sulfide) groups is 1. The Kier molecular flexibility index (Phi) is 7.15. The van der Waals surface area contributed by atoms with Crippen LogP contribution in [-0.2, 0) is 16.0 Å². The van der Waals surface area contributed by atoms with Crippen LogP contribution in [0.5, 0.6) is 0 Å². The van der Waals surface area contributed by atoms with Crippen molar-refractivity contribution < 1.29 is 14.7 Å². The number of carbonyl (C=O) groups excluding carboxylic acids is 1. The number of hydrogen-bond donors (Lipinski definition) is 2. The minimum absolute atomic E-state index is 0.120. The highest BCUT2D eigenvalue weighted by atomic mass is 32.2. The number of nitrogens with one attached hydrogen (secondary N) is 1. The smallest absolute Gasteiger partial charge is 0.326 e. The number of hydrogen-bond acceptors (Lipinski definition) is 3. The Morgan fingerprint density at radius 2 is 1.90 bits per heavy atom. The first-order valence-corrected chi connectivity index (χ1v) is 7.80. The van der Waals surface area contributed by atoms with Crippen LogP contribution in [0.2, 0.25) is 0 Å². The molecule has 0 aliphatic heterocycles. The summed E-state index contributed by atoms with van der Waals surface area (Å²) in [6, 6.07) is 9.26. The molecular formula is C15H21NO3S. The summed E-state index contributed by atoms with van der Waals surface area (Å²) in [5, 5.41) is 11.5. The standard InChI is InChI=1S/C15H21NO3S/c1-11(2)14(15(18)19)16-13(17)10-20-9-8-12-6-4-3-5-7-12/h3-7,11,14H,8-10H2,1-2H3,(H,16,17)(H,18,19)/t14-/m0/s1. The van der Waals surface area contributed by atoms with Crippen LogP contribution in [0, 0.1) is 5.92 Å². The number of rotatable bonds is 8. The van der Waals surface area contributed by atoms with Gasteiger partial charge >= 0.3 is 5.97 Å². The van der Waals surface area contributed by atoms with Crippen molar-refractivity contribution in [2.45, 2.75) is 26.3 Å². The molecular weight excluding hydrogens is 274 g/mol. The first-order chi connectivity index (χ1) is 9.50. The number of aliphatic carboxylic acids is 1. The molecule has 1 amide bonds. The molecule has 4 nitrogen and oxygen atoms in total. The maximum atomic E-state index is 11.7. The van der Waals surface area contributed by atoms with Crippen LogP contribution in [0.25, 0.3) is 0 Å². The summed E-state index contributed by atoms with van der Waals surface area (Å²) in [5.41, 5.74) is 1.24. The molecule has 5 heteroatoms. The van der Waals surface area contributed by atoms with Gasteiger partial charge in [0.2, 0.25) is 5.91 Å². The average Bonchev–Trinajstić information content (AvgIpc) is 2.41. The molecule has 0 heterocycles. The highest BCUT2D eigenvalue weighted by Crippen LogP contribution is 2.08. The third-order valence-corrected chi connectivity index (χ3v) is 3.82. The zero-order chi connectivity index (χ0) is 15.0. The number of carboxylic acid groups (broad SMARTS) is 1. The molecule has 0 bridgehead atoms. The van der Waals surface area contributed by atoms with Crippen molar-refractivity contribution in [3.05, 3.63) is 35.9 Å². The highest BCUT2D eigenvalue weighted by Gasteiger charge is 2.22. The van der Waals surface area contributed by atoms with Crippen molar-refractivity contribution in [3.63, 3.8) is 0 Å². The van der Waals surface area contributed by atoms with E-state index in [-0.39, 0.29) is 11.8 Å². The van der Waals surface area contributed by atoms with Gasteiger partial charge in [0, 0.05) is 0 Å². The fraction of sp³-hybridized carbons (Fsp3) is 0.467. The van der Waals surface area contributed by atoms with Crippen molar-refractivity contribution >= 4 is 23.6 Å². The van der Waals surface area contributed by atoms with Gasteiger partial charge in [-0.25, -0.2) is 4.79 Å². The number of carbonyl (C=O) groups is 2. The zero-order valence-corrected chi connectivity index (χ0v) is 12.7. The third-order valence-electron chi connectivity index (χ3n) is 2.86. The van der Waals surface area contributed by atoms with Gasteiger partial charge in [0.25, 0.3) is 0 Å². The molecule has 0 aliphatic carbocycles. The van der Waals surface area contributed by atoms with E-state index in [1.807, 2.05) is 18.2 Å². The fourth-order valence-electron chi connectivity index (χ4n) is 1.73. The lowest BCUT2D eigenvalue weighted by Crippen LogP contribution is -2.45. The summed E-state index contributed by atoms with van der Waals surface area (Å²) in [4.78, 5) is 22.6. The van der Waals surface area contributed by atoms with Gasteiger partial charge in [-0.3, -0.25) is 4.79 Å². The fourth-order valence-corrected chi connectivity index (χ4v) is 2.52. The Morgan fingerprint density at radius 3 is 2.45 bits per heavy atom. The van der Waals surface area contributed by atoms with E-state index in [1.165, 1.54) is 17.3 Å². The van der Waals surface area contributed by atoms with E-state index in [2.05, 4.69) is 17.4 Å². The predicted molar refractivity (Wildman–Crippen MR) is 81.9 cm³/mol. The maximum absolute atomic E-state index is 11.7. The average molecular weight is 295 g/mol. The Morgan fingerprint density at radius 1 is 1.25 bits per heavy atom. The molecule has 1 rings (SSSR count). The zero-order valence-electron chi connectivity index (χ0n) is 11.8. The number of aryl methyl sites for hydroxylation is 1. The van der Waals surface area contributed by atoms with Crippen molar-refractivity contribution in [2.24, 2.45) is 5.92 Å². The monoisotopic (exact) mass is 295 g/mol. The molecule has 0 aliphatic rings. The summed E-state index contributed by atoms with van der Waals surface area (Å²) in [6.45, 7) is 3.56. The van der Waals surface area contributed by atoms with Crippen LogP contribution in [0.4, 0.5) is 0 Å². The van der Waals surface area contributed by atoms with Gasteiger partial charge in [0.05, 0.1) is 5.75 Å². The summed E-state index contributed by atoms with van der Waals surface area (Å²) < 4.78 is 0. The summed E-state index contributed by atoms with van der Waals surface area (Å²) in [7, 11) is 0. The Labute approximate surface area is 124 Å². The van der Waals surface area contributed by atoms with Crippen LogP contribution < -0.4 is 5.32 Å². The normalized spacial score (nSPS) is 12.2. The molecule has 0 spiro atoms. The highest BCUT2D eigenvalue weighted by molar-refractivity contribution is 7.99. The van der Waals surface area contributed by atoms with Crippen LogP contribution in [-0.4, -0.2) is 34.5 Å². The molecule has 0 saturated carbocycles. The first kappa shape index (κ1) is 16.6. The molecule has 2 N–H and O–H groups in total. The second kappa shape index (κ2) is 8.64. The molecule has 110 valence electrons. The third kappa shape index (κ3) is 6.10. The number of amides is 1. The van der Waals surface area contributed by atoms with E-state index in [4.69, 9.17) is 5.11 Å². The van der Waals surface area contributed by atoms with Gasteiger partial charge in [-0.05, 0) is 23.7 Å². The molecule has 0 unspecified atom stereocenters. The van der Waals surface area contributed by atoms with Crippen molar-refractivity contribution in [2.75, 3.05) is 11.5 Å². The molecule has 0 saturated heterocycles.